The van der Waals surface area contributed by atoms with Gasteiger partial charge >= 0.3 is 5.97 Å². The lowest BCUT2D eigenvalue weighted by atomic mass is 10.2. The SMILES string of the molecule is Cc1ccc(S(=O)(=O)OCCOCCOCCOCCOCCOCCOCCOCCOCCOCCOCCOCCOCCC(=O)OC(C)(C)C)cc1. The van der Waals surface area contributed by atoms with E-state index in [1.54, 1.807) is 12.1 Å². The molecule has 0 bridgehead atoms. The Morgan fingerprint density at radius 2 is 0.679 bits per heavy atom. The van der Waals surface area contributed by atoms with Crippen LogP contribution in [0.3, 0.4) is 0 Å². The van der Waals surface area contributed by atoms with Crippen molar-refractivity contribution in [3.05, 3.63) is 29.8 Å². The smallest absolute Gasteiger partial charge is 0.308 e. The first-order valence-electron chi connectivity index (χ1n) is 19.2. The lowest BCUT2D eigenvalue weighted by Gasteiger charge is -2.19. The molecule has 0 radical (unpaired) electrons. The van der Waals surface area contributed by atoms with Gasteiger partial charge in [-0.2, -0.15) is 8.42 Å². The molecule has 0 amide bonds. The summed E-state index contributed by atoms with van der Waals surface area (Å²) in [4.78, 5) is 11.7. The minimum atomic E-state index is -3.78. The van der Waals surface area contributed by atoms with Crippen LogP contribution in [0, 0.1) is 6.92 Å². The fourth-order valence-electron chi connectivity index (χ4n) is 4.04. The summed E-state index contributed by atoms with van der Waals surface area (Å²) in [5, 5.41) is 0. The van der Waals surface area contributed by atoms with Crippen LogP contribution in [0.4, 0.5) is 0 Å². The van der Waals surface area contributed by atoms with Gasteiger partial charge in [0.05, 0.1) is 176 Å². The maximum atomic E-state index is 12.1. The quantitative estimate of drug-likeness (QED) is 0.0534. The first kappa shape index (κ1) is 52.1. The summed E-state index contributed by atoms with van der Waals surface area (Å²) in [7, 11) is -3.78. The fourth-order valence-corrected chi connectivity index (χ4v) is 4.94. The Kier molecular flexibility index (Phi) is 33.7. The maximum Gasteiger partial charge on any atom is 0.308 e. The third-order valence-corrected chi connectivity index (χ3v) is 8.06. The van der Waals surface area contributed by atoms with E-state index in [0.717, 1.165) is 5.56 Å². The van der Waals surface area contributed by atoms with Crippen molar-refractivity contribution in [2.45, 2.75) is 44.6 Å². The van der Waals surface area contributed by atoms with Gasteiger partial charge in [-0.3, -0.25) is 8.98 Å². The first-order chi connectivity index (χ1) is 27.1. The molecule has 0 saturated carbocycles. The van der Waals surface area contributed by atoms with Crippen molar-refractivity contribution in [3.63, 3.8) is 0 Å². The van der Waals surface area contributed by atoms with Gasteiger partial charge in [-0.1, -0.05) is 17.7 Å². The van der Waals surface area contributed by atoms with E-state index < -0.39 is 15.7 Å². The van der Waals surface area contributed by atoms with E-state index >= 15 is 0 Å². The van der Waals surface area contributed by atoms with Gasteiger partial charge in [0.25, 0.3) is 10.1 Å². The van der Waals surface area contributed by atoms with Crippen LogP contribution in [0.15, 0.2) is 29.2 Å². The van der Waals surface area contributed by atoms with E-state index in [1.165, 1.54) is 12.1 Å². The molecular weight excluding hydrogens is 760 g/mol. The van der Waals surface area contributed by atoms with Crippen molar-refractivity contribution >= 4 is 16.1 Å². The standard InChI is InChI=1S/C38H68O17S/c1-35-5-7-36(8-6-35)56(40,41)54-34-33-53-32-31-52-30-29-51-28-27-50-26-25-49-24-23-48-22-21-47-20-19-46-18-17-45-16-15-44-14-13-43-12-11-42-10-9-37(39)55-38(2,3)4/h5-8H,9-34H2,1-4H3. The number of carbonyl (C=O) groups is 1. The van der Waals surface area contributed by atoms with E-state index in [4.69, 9.17) is 65.8 Å². The number of hydrogen-bond acceptors (Lipinski definition) is 17. The molecule has 0 aliphatic carbocycles. The molecule has 0 spiro atoms. The van der Waals surface area contributed by atoms with E-state index in [0.29, 0.717) is 152 Å². The van der Waals surface area contributed by atoms with Gasteiger partial charge in [-0.25, -0.2) is 0 Å². The van der Waals surface area contributed by atoms with Gasteiger partial charge < -0.3 is 61.6 Å². The highest BCUT2D eigenvalue weighted by atomic mass is 32.2. The van der Waals surface area contributed by atoms with Crippen LogP contribution in [-0.4, -0.2) is 185 Å². The molecule has 1 rings (SSSR count). The molecule has 0 N–H and O–H groups in total. The van der Waals surface area contributed by atoms with Crippen LogP contribution in [0.25, 0.3) is 0 Å². The Labute approximate surface area is 334 Å². The van der Waals surface area contributed by atoms with Gasteiger partial charge in [0, 0.05) is 0 Å². The van der Waals surface area contributed by atoms with Crippen LogP contribution >= 0.6 is 0 Å². The maximum absolute atomic E-state index is 12.1. The minimum absolute atomic E-state index is 0.0654. The molecule has 56 heavy (non-hydrogen) atoms. The second-order valence-corrected chi connectivity index (χ2v) is 14.4. The number of benzene rings is 1. The summed E-state index contributed by atoms with van der Waals surface area (Å²) in [6, 6.07) is 6.47. The summed E-state index contributed by atoms with van der Waals surface area (Å²) in [5.41, 5.74) is 0.489. The topological polar surface area (TPSA) is 180 Å². The van der Waals surface area contributed by atoms with Crippen LogP contribution in [0.2, 0.25) is 0 Å². The zero-order chi connectivity index (χ0) is 40.8. The van der Waals surface area contributed by atoms with E-state index in [9.17, 15) is 13.2 Å². The Bertz CT molecular complexity index is 1130. The molecule has 0 aromatic heterocycles. The van der Waals surface area contributed by atoms with Crippen LogP contribution in [0.1, 0.15) is 32.8 Å². The molecule has 328 valence electrons. The molecule has 1 aromatic rings. The van der Waals surface area contributed by atoms with Gasteiger partial charge in [-0.15, -0.1) is 0 Å². The molecule has 0 unspecified atom stereocenters. The molecule has 0 fully saturated rings. The zero-order valence-corrected chi connectivity index (χ0v) is 34.9. The zero-order valence-electron chi connectivity index (χ0n) is 34.0. The molecule has 0 aliphatic rings. The largest absolute Gasteiger partial charge is 0.460 e. The Balaban J connectivity index is 1.66. The number of hydrogen-bond donors (Lipinski definition) is 0. The summed E-state index contributed by atoms with van der Waals surface area (Å²) in [5.74, 6) is -0.272. The summed E-state index contributed by atoms with van der Waals surface area (Å²) in [6.45, 7) is 17.6. The molecular formula is C38H68O17S. The average Bonchev–Trinajstić information content (AvgIpc) is 3.15. The molecule has 0 aliphatic heterocycles. The molecule has 17 nitrogen and oxygen atoms in total. The molecule has 0 saturated heterocycles. The molecule has 0 heterocycles. The number of carbonyl (C=O) groups excluding carboxylic acids is 1. The monoisotopic (exact) mass is 828 g/mol. The number of esters is 1. The van der Waals surface area contributed by atoms with E-state index in [1.807, 2.05) is 27.7 Å². The van der Waals surface area contributed by atoms with Crippen molar-refractivity contribution in [1.82, 2.24) is 0 Å². The van der Waals surface area contributed by atoms with Crippen molar-refractivity contribution in [2.75, 3.05) is 165 Å². The predicted octanol–water partition coefficient (Wildman–Crippen LogP) is 2.63. The Morgan fingerprint density at radius 1 is 0.429 bits per heavy atom. The number of rotatable bonds is 41. The van der Waals surface area contributed by atoms with E-state index in [-0.39, 0.29) is 30.5 Å². The van der Waals surface area contributed by atoms with Gasteiger partial charge in [0.1, 0.15) is 5.60 Å². The fraction of sp³-hybridized carbons (Fsp3) is 0.816. The summed E-state index contributed by atoms with van der Waals surface area (Å²) < 4.78 is 99.7. The molecule has 18 heteroatoms. The lowest BCUT2D eigenvalue weighted by Crippen LogP contribution is -2.24. The second kappa shape index (κ2) is 36.2. The lowest BCUT2D eigenvalue weighted by molar-refractivity contribution is -0.156. The highest BCUT2D eigenvalue weighted by molar-refractivity contribution is 7.86. The van der Waals surface area contributed by atoms with Crippen molar-refractivity contribution in [2.24, 2.45) is 0 Å². The van der Waals surface area contributed by atoms with Crippen LogP contribution in [0.5, 0.6) is 0 Å². The minimum Gasteiger partial charge on any atom is -0.460 e. The van der Waals surface area contributed by atoms with E-state index in [2.05, 4.69) is 0 Å². The average molecular weight is 829 g/mol. The van der Waals surface area contributed by atoms with Crippen LogP contribution in [-0.2, 0) is 80.7 Å². The summed E-state index contributed by atoms with van der Waals surface area (Å²) >= 11 is 0. The van der Waals surface area contributed by atoms with Gasteiger partial charge in [0.2, 0.25) is 0 Å². The molecule has 1 aromatic carbocycles. The Hall–Kier alpha value is -1.88. The Morgan fingerprint density at radius 3 is 0.946 bits per heavy atom. The third kappa shape index (κ3) is 35.3. The molecule has 0 atom stereocenters. The number of ether oxygens (including phenoxy) is 13. The van der Waals surface area contributed by atoms with Crippen LogP contribution < -0.4 is 0 Å². The summed E-state index contributed by atoms with van der Waals surface area (Å²) in [6.07, 6.45) is 0.224. The highest BCUT2D eigenvalue weighted by Gasteiger charge is 2.16. The van der Waals surface area contributed by atoms with Gasteiger partial charge in [0.15, 0.2) is 0 Å². The van der Waals surface area contributed by atoms with Crippen molar-refractivity contribution in [3.8, 4) is 0 Å². The van der Waals surface area contributed by atoms with Gasteiger partial charge in [-0.05, 0) is 39.8 Å². The second-order valence-electron chi connectivity index (χ2n) is 12.8. The normalized spacial score (nSPS) is 12.1. The van der Waals surface area contributed by atoms with Crippen molar-refractivity contribution in [1.29, 1.82) is 0 Å². The third-order valence-electron chi connectivity index (χ3n) is 6.74. The predicted molar refractivity (Wildman–Crippen MR) is 205 cm³/mol. The van der Waals surface area contributed by atoms with Crippen molar-refractivity contribution < 1.29 is 79.0 Å². The number of aryl methyl sites for hydroxylation is 1. The first-order valence-corrected chi connectivity index (χ1v) is 20.6. The highest BCUT2D eigenvalue weighted by Crippen LogP contribution is 2.13.